The number of nitriles is 1. The van der Waals surface area contributed by atoms with Gasteiger partial charge in [0.2, 0.25) is 0 Å². The molecule has 15 heavy (non-hydrogen) atoms. The molecule has 2 N–H and O–H groups in total. The van der Waals surface area contributed by atoms with Crippen molar-refractivity contribution in [2.24, 2.45) is 0 Å². The van der Waals surface area contributed by atoms with Gasteiger partial charge in [-0.1, -0.05) is 0 Å². The third kappa shape index (κ3) is 2.95. The summed E-state index contributed by atoms with van der Waals surface area (Å²) in [6.07, 6.45) is 1.50. The van der Waals surface area contributed by atoms with Gasteiger partial charge in [0.1, 0.15) is 11.8 Å². The lowest BCUT2D eigenvalue weighted by atomic mass is 10.1. The van der Waals surface area contributed by atoms with E-state index in [-0.39, 0.29) is 18.1 Å². The standard InChI is InChI=1S/C10H11N3O2/c1-2-15-10(14)3-7-6-13-8(5-11)4-9(7)12/h4,6H,2-3H2,1H3,(H2,12,13). The highest BCUT2D eigenvalue weighted by atomic mass is 16.5. The second-order valence-corrected chi connectivity index (χ2v) is 2.86. The van der Waals surface area contributed by atoms with Crippen LogP contribution in [0.4, 0.5) is 5.69 Å². The summed E-state index contributed by atoms with van der Waals surface area (Å²) in [7, 11) is 0. The topological polar surface area (TPSA) is 89.0 Å². The van der Waals surface area contributed by atoms with Crippen LogP contribution in [0, 0.1) is 11.3 Å². The molecule has 0 saturated carbocycles. The molecule has 0 spiro atoms. The van der Waals surface area contributed by atoms with Crippen molar-refractivity contribution in [2.45, 2.75) is 13.3 Å². The van der Waals surface area contributed by atoms with Crippen molar-refractivity contribution in [3.8, 4) is 6.07 Å². The lowest BCUT2D eigenvalue weighted by Gasteiger charge is -2.04. The van der Waals surface area contributed by atoms with Gasteiger partial charge in [0, 0.05) is 17.4 Å². The van der Waals surface area contributed by atoms with E-state index in [0.29, 0.717) is 17.9 Å². The summed E-state index contributed by atoms with van der Waals surface area (Å²) in [5.41, 5.74) is 6.84. The lowest BCUT2D eigenvalue weighted by Crippen LogP contribution is -2.09. The van der Waals surface area contributed by atoms with Gasteiger partial charge in [0.25, 0.3) is 0 Å². The van der Waals surface area contributed by atoms with Crippen LogP contribution in [0.15, 0.2) is 12.3 Å². The first kappa shape index (κ1) is 11.0. The van der Waals surface area contributed by atoms with Crippen molar-refractivity contribution < 1.29 is 9.53 Å². The second kappa shape index (κ2) is 4.96. The fraction of sp³-hybridized carbons (Fsp3) is 0.300. The smallest absolute Gasteiger partial charge is 0.310 e. The van der Waals surface area contributed by atoms with Gasteiger partial charge in [-0.15, -0.1) is 0 Å². The summed E-state index contributed by atoms with van der Waals surface area (Å²) in [4.78, 5) is 15.0. The van der Waals surface area contributed by atoms with Crippen molar-refractivity contribution in [3.63, 3.8) is 0 Å². The third-order valence-electron chi connectivity index (χ3n) is 1.78. The number of carbonyl (C=O) groups excluding carboxylic acids is 1. The van der Waals surface area contributed by atoms with E-state index in [1.54, 1.807) is 6.92 Å². The van der Waals surface area contributed by atoms with E-state index in [4.69, 9.17) is 15.7 Å². The van der Waals surface area contributed by atoms with Crippen LogP contribution >= 0.6 is 0 Å². The Morgan fingerprint density at radius 2 is 2.47 bits per heavy atom. The minimum atomic E-state index is -0.351. The van der Waals surface area contributed by atoms with Gasteiger partial charge in [0.15, 0.2) is 0 Å². The molecule has 0 aliphatic rings. The molecule has 1 aromatic rings. The number of nitrogens with zero attached hydrogens (tertiary/aromatic N) is 2. The number of esters is 1. The molecule has 0 aliphatic carbocycles. The molecule has 0 atom stereocenters. The maximum absolute atomic E-state index is 11.1. The molecular weight excluding hydrogens is 194 g/mol. The average Bonchev–Trinajstić information content (AvgIpc) is 2.21. The molecule has 0 unspecified atom stereocenters. The highest BCUT2D eigenvalue weighted by Crippen LogP contribution is 2.12. The van der Waals surface area contributed by atoms with E-state index in [9.17, 15) is 4.79 Å². The Kier molecular flexibility index (Phi) is 3.63. The number of anilines is 1. The average molecular weight is 205 g/mol. The molecule has 0 amide bonds. The maximum atomic E-state index is 11.1. The molecular formula is C10H11N3O2. The van der Waals surface area contributed by atoms with Crippen LogP contribution in [0.25, 0.3) is 0 Å². The molecule has 78 valence electrons. The Bertz CT molecular complexity index is 410. The number of aromatic nitrogens is 1. The van der Waals surface area contributed by atoms with Gasteiger partial charge >= 0.3 is 5.97 Å². The van der Waals surface area contributed by atoms with Crippen molar-refractivity contribution in [1.82, 2.24) is 4.98 Å². The van der Waals surface area contributed by atoms with Crippen LogP contribution < -0.4 is 5.73 Å². The number of hydrogen-bond acceptors (Lipinski definition) is 5. The van der Waals surface area contributed by atoms with E-state index >= 15 is 0 Å². The zero-order chi connectivity index (χ0) is 11.3. The van der Waals surface area contributed by atoms with Gasteiger partial charge in [0.05, 0.1) is 13.0 Å². The number of pyridine rings is 1. The highest BCUT2D eigenvalue weighted by molar-refractivity contribution is 5.74. The lowest BCUT2D eigenvalue weighted by molar-refractivity contribution is -0.142. The van der Waals surface area contributed by atoms with Crippen molar-refractivity contribution >= 4 is 11.7 Å². The molecule has 0 aromatic carbocycles. The third-order valence-corrected chi connectivity index (χ3v) is 1.78. The van der Waals surface area contributed by atoms with Gasteiger partial charge < -0.3 is 10.5 Å². The van der Waals surface area contributed by atoms with E-state index < -0.39 is 0 Å². The van der Waals surface area contributed by atoms with Crippen LogP contribution in [0.3, 0.4) is 0 Å². The van der Waals surface area contributed by atoms with Gasteiger partial charge in [-0.05, 0) is 13.0 Å². The predicted molar refractivity (Wildman–Crippen MR) is 53.7 cm³/mol. The SMILES string of the molecule is CCOC(=O)Cc1cnc(C#N)cc1N. The van der Waals surface area contributed by atoms with E-state index in [0.717, 1.165) is 0 Å². The molecule has 0 bridgehead atoms. The zero-order valence-electron chi connectivity index (χ0n) is 8.36. The van der Waals surface area contributed by atoms with Crippen LogP contribution in [-0.2, 0) is 16.0 Å². The molecule has 1 rings (SSSR count). The summed E-state index contributed by atoms with van der Waals surface area (Å²) in [5, 5.41) is 8.56. The predicted octanol–water partition coefficient (Wildman–Crippen LogP) is 0.641. The van der Waals surface area contributed by atoms with Crippen LogP contribution in [0.1, 0.15) is 18.2 Å². The van der Waals surface area contributed by atoms with E-state index in [2.05, 4.69) is 4.98 Å². The number of carbonyl (C=O) groups is 1. The fourth-order valence-electron chi connectivity index (χ4n) is 1.08. The first-order valence-corrected chi connectivity index (χ1v) is 4.47. The second-order valence-electron chi connectivity index (χ2n) is 2.86. The Morgan fingerprint density at radius 3 is 3.00 bits per heavy atom. The minimum Gasteiger partial charge on any atom is -0.466 e. The van der Waals surface area contributed by atoms with Gasteiger partial charge in [-0.25, -0.2) is 4.98 Å². The summed E-state index contributed by atoms with van der Waals surface area (Å²) in [6.45, 7) is 2.07. The zero-order valence-corrected chi connectivity index (χ0v) is 8.36. The monoisotopic (exact) mass is 205 g/mol. The van der Waals surface area contributed by atoms with E-state index in [1.165, 1.54) is 12.3 Å². The quantitative estimate of drug-likeness (QED) is 0.731. The summed E-state index contributed by atoms with van der Waals surface area (Å²) < 4.78 is 4.77. The summed E-state index contributed by atoms with van der Waals surface area (Å²) in [6, 6.07) is 3.31. The molecule has 1 heterocycles. The molecule has 0 aliphatic heterocycles. The number of hydrogen-bond donors (Lipinski definition) is 1. The molecule has 0 fully saturated rings. The molecule has 0 saturated heterocycles. The van der Waals surface area contributed by atoms with E-state index in [1.807, 2.05) is 6.07 Å². The Morgan fingerprint density at radius 1 is 1.73 bits per heavy atom. The maximum Gasteiger partial charge on any atom is 0.310 e. The molecule has 0 radical (unpaired) electrons. The highest BCUT2D eigenvalue weighted by Gasteiger charge is 2.08. The first-order chi connectivity index (χ1) is 7.17. The number of ether oxygens (including phenoxy) is 1. The van der Waals surface area contributed by atoms with Gasteiger partial charge in [-0.3, -0.25) is 4.79 Å². The summed E-state index contributed by atoms with van der Waals surface area (Å²) in [5.74, 6) is -0.351. The summed E-state index contributed by atoms with van der Waals surface area (Å²) >= 11 is 0. The van der Waals surface area contributed by atoms with Crippen molar-refractivity contribution in [1.29, 1.82) is 5.26 Å². The fourth-order valence-corrected chi connectivity index (χ4v) is 1.08. The van der Waals surface area contributed by atoms with Crippen LogP contribution in [0.5, 0.6) is 0 Å². The number of rotatable bonds is 3. The number of nitrogen functional groups attached to an aromatic ring is 1. The molecule has 5 nitrogen and oxygen atoms in total. The minimum absolute atomic E-state index is 0.0817. The van der Waals surface area contributed by atoms with Crippen molar-refractivity contribution in [3.05, 3.63) is 23.5 Å². The largest absolute Gasteiger partial charge is 0.466 e. The Labute approximate surface area is 87.5 Å². The molecule has 5 heteroatoms. The Balaban J connectivity index is 2.79. The normalized spacial score (nSPS) is 9.33. The van der Waals surface area contributed by atoms with Crippen LogP contribution in [-0.4, -0.2) is 17.6 Å². The van der Waals surface area contributed by atoms with Gasteiger partial charge in [-0.2, -0.15) is 5.26 Å². The Hall–Kier alpha value is -2.09. The van der Waals surface area contributed by atoms with Crippen molar-refractivity contribution in [2.75, 3.05) is 12.3 Å². The molecule has 1 aromatic heterocycles. The van der Waals surface area contributed by atoms with Crippen LogP contribution in [0.2, 0.25) is 0 Å². The number of nitrogens with two attached hydrogens (primary N) is 1. The first-order valence-electron chi connectivity index (χ1n) is 4.47.